The normalized spacial score (nSPS) is 17.2. The summed E-state index contributed by atoms with van der Waals surface area (Å²) in [5, 5.41) is 22.7. The van der Waals surface area contributed by atoms with Gasteiger partial charge in [0.1, 0.15) is 6.23 Å². The maximum absolute atomic E-state index is 10.4. The molecule has 0 aliphatic heterocycles. The molecule has 0 bridgehead atoms. The van der Waals surface area contributed by atoms with Gasteiger partial charge in [-0.25, -0.2) is 0 Å². The summed E-state index contributed by atoms with van der Waals surface area (Å²) in [5.74, 6) is 0.155. The van der Waals surface area contributed by atoms with Crippen molar-refractivity contribution in [3.8, 4) is 0 Å². The van der Waals surface area contributed by atoms with Crippen LogP contribution < -0.4 is 11.1 Å². The summed E-state index contributed by atoms with van der Waals surface area (Å²) in [6.45, 7) is 7.91. The number of nitrogens with zero attached hydrogens (tertiary/aromatic N) is 1. The van der Waals surface area contributed by atoms with Gasteiger partial charge in [-0.15, -0.1) is 0 Å². The van der Waals surface area contributed by atoms with Crippen LogP contribution >= 0.6 is 0 Å². The third-order valence-corrected chi connectivity index (χ3v) is 2.90. The van der Waals surface area contributed by atoms with Crippen LogP contribution in [0, 0.1) is 5.92 Å². The van der Waals surface area contributed by atoms with Gasteiger partial charge in [-0.05, 0) is 12.3 Å². The molecule has 0 amide bonds. The summed E-state index contributed by atoms with van der Waals surface area (Å²) in [5.41, 5.74) is 5.55. The van der Waals surface area contributed by atoms with Crippen LogP contribution in [0.3, 0.4) is 0 Å². The molecule has 0 aromatic rings. The molecule has 0 spiro atoms. The van der Waals surface area contributed by atoms with E-state index in [0.29, 0.717) is 13.1 Å². The highest BCUT2D eigenvalue weighted by Crippen LogP contribution is 2.12. The van der Waals surface area contributed by atoms with E-state index >= 15 is 0 Å². The van der Waals surface area contributed by atoms with Crippen LogP contribution in [0.4, 0.5) is 0 Å². The molecule has 0 aromatic carbocycles. The maximum atomic E-state index is 10.4. The maximum Gasteiger partial charge on any atom is 0.213 e. The molecule has 0 aliphatic carbocycles. The Balaban J connectivity index is 4.63. The molecule has 0 fully saturated rings. The highest BCUT2D eigenvalue weighted by molar-refractivity contribution is 4.79. The van der Waals surface area contributed by atoms with E-state index in [1.165, 1.54) is 7.11 Å². The number of ether oxygens (including phenoxy) is 1. The zero-order valence-electron chi connectivity index (χ0n) is 12.0. The Morgan fingerprint density at radius 1 is 1.28 bits per heavy atom. The van der Waals surface area contributed by atoms with Gasteiger partial charge in [-0.1, -0.05) is 20.8 Å². The lowest BCUT2D eigenvalue weighted by Crippen LogP contribution is -2.56. The predicted molar refractivity (Wildman–Crippen MR) is 71.7 cm³/mol. The largest absolute Gasteiger partial charge is 0.377 e. The van der Waals surface area contributed by atoms with Crippen LogP contribution in [0.5, 0.6) is 0 Å². The molecule has 3 atom stereocenters. The van der Waals surface area contributed by atoms with Crippen molar-refractivity contribution in [2.75, 3.05) is 26.7 Å². The van der Waals surface area contributed by atoms with E-state index in [2.05, 4.69) is 12.2 Å². The van der Waals surface area contributed by atoms with E-state index in [0.717, 1.165) is 13.0 Å². The van der Waals surface area contributed by atoms with Gasteiger partial charge >= 0.3 is 0 Å². The topological polar surface area (TPSA) is 91.0 Å². The molecule has 0 saturated heterocycles. The third-order valence-electron chi connectivity index (χ3n) is 2.90. The SMILES string of the molecule is CCCN(CCN)C(O)C(NC(O)OC)C(C)C. The molecule has 0 aromatic heterocycles. The van der Waals surface area contributed by atoms with Crippen LogP contribution in [0.2, 0.25) is 0 Å². The quantitative estimate of drug-likeness (QED) is 0.398. The van der Waals surface area contributed by atoms with E-state index in [-0.39, 0.29) is 12.0 Å². The summed E-state index contributed by atoms with van der Waals surface area (Å²) in [6, 6.07) is -0.280. The van der Waals surface area contributed by atoms with Crippen molar-refractivity contribution in [2.24, 2.45) is 11.7 Å². The number of methoxy groups -OCH3 is 1. The lowest BCUT2D eigenvalue weighted by molar-refractivity contribution is -0.130. The number of hydrogen-bond acceptors (Lipinski definition) is 6. The minimum atomic E-state index is -1.08. The van der Waals surface area contributed by atoms with Crippen molar-refractivity contribution in [3.05, 3.63) is 0 Å². The monoisotopic (exact) mass is 263 g/mol. The number of nitrogens with one attached hydrogen (secondary N) is 1. The summed E-state index contributed by atoms with van der Waals surface area (Å²) < 4.78 is 4.77. The Hall–Kier alpha value is -0.240. The molecule has 6 heteroatoms. The van der Waals surface area contributed by atoms with Gasteiger partial charge in [0.25, 0.3) is 0 Å². The first-order valence-corrected chi connectivity index (χ1v) is 6.57. The Bertz CT molecular complexity index is 199. The summed E-state index contributed by atoms with van der Waals surface area (Å²) in [4.78, 5) is 1.92. The number of aliphatic hydroxyl groups is 2. The Kier molecular flexibility index (Phi) is 9.53. The van der Waals surface area contributed by atoms with Crippen LogP contribution in [-0.4, -0.2) is 60.5 Å². The van der Waals surface area contributed by atoms with Gasteiger partial charge in [-0.2, -0.15) is 0 Å². The third kappa shape index (κ3) is 6.08. The average Bonchev–Trinajstić information content (AvgIpc) is 2.34. The minimum absolute atomic E-state index is 0.155. The zero-order valence-corrected chi connectivity index (χ0v) is 12.0. The van der Waals surface area contributed by atoms with Gasteiger partial charge in [0.05, 0.1) is 6.04 Å². The second-order valence-electron chi connectivity index (χ2n) is 4.76. The fourth-order valence-corrected chi connectivity index (χ4v) is 1.91. The highest BCUT2D eigenvalue weighted by Gasteiger charge is 2.28. The smallest absolute Gasteiger partial charge is 0.213 e. The fourth-order valence-electron chi connectivity index (χ4n) is 1.91. The standard InChI is InChI=1S/C12H29N3O3/c1-5-7-15(8-6-13)11(16)10(9(2)3)14-12(17)18-4/h9-12,14,16-17H,5-8,13H2,1-4H3. The molecule has 0 heterocycles. The second-order valence-corrected chi connectivity index (χ2v) is 4.76. The summed E-state index contributed by atoms with van der Waals surface area (Å²) >= 11 is 0. The summed E-state index contributed by atoms with van der Waals surface area (Å²) in [7, 11) is 1.41. The number of nitrogens with two attached hydrogens (primary N) is 1. The molecule has 6 nitrogen and oxygen atoms in total. The van der Waals surface area contributed by atoms with Crippen LogP contribution in [0.1, 0.15) is 27.2 Å². The highest BCUT2D eigenvalue weighted by atomic mass is 16.6. The molecular formula is C12H29N3O3. The van der Waals surface area contributed by atoms with Crippen LogP contribution in [-0.2, 0) is 4.74 Å². The van der Waals surface area contributed by atoms with Gasteiger partial charge in [0, 0.05) is 26.7 Å². The number of aliphatic hydroxyl groups excluding tert-OH is 2. The van der Waals surface area contributed by atoms with Crippen molar-refractivity contribution in [1.82, 2.24) is 10.2 Å². The zero-order chi connectivity index (χ0) is 14.1. The van der Waals surface area contributed by atoms with Gasteiger partial charge < -0.3 is 20.7 Å². The molecule has 3 unspecified atom stereocenters. The van der Waals surface area contributed by atoms with Gasteiger partial charge in [-0.3, -0.25) is 10.2 Å². The molecular weight excluding hydrogens is 234 g/mol. The average molecular weight is 263 g/mol. The van der Waals surface area contributed by atoms with Crippen molar-refractivity contribution in [2.45, 2.75) is 45.9 Å². The van der Waals surface area contributed by atoms with Crippen molar-refractivity contribution in [1.29, 1.82) is 0 Å². The molecule has 0 rings (SSSR count). The van der Waals surface area contributed by atoms with Gasteiger partial charge in [0.2, 0.25) is 6.41 Å². The molecule has 18 heavy (non-hydrogen) atoms. The second kappa shape index (κ2) is 9.66. The Morgan fingerprint density at radius 2 is 1.89 bits per heavy atom. The lowest BCUT2D eigenvalue weighted by Gasteiger charge is -2.36. The molecule has 5 N–H and O–H groups in total. The van der Waals surface area contributed by atoms with E-state index in [1.54, 1.807) is 0 Å². The number of hydrogen-bond donors (Lipinski definition) is 4. The van der Waals surface area contributed by atoms with Crippen molar-refractivity contribution in [3.63, 3.8) is 0 Å². The molecule has 0 saturated carbocycles. The minimum Gasteiger partial charge on any atom is -0.377 e. The Morgan fingerprint density at radius 3 is 2.28 bits per heavy atom. The first-order chi connectivity index (χ1) is 8.47. The number of rotatable bonds is 10. The molecule has 0 aliphatic rings. The lowest BCUT2D eigenvalue weighted by atomic mass is 10.0. The first kappa shape index (κ1) is 17.8. The van der Waals surface area contributed by atoms with Crippen LogP contribution in [0.15, 0.2) is 0 Å². The van der Waals surface area contributed by atoms with Crippen molar-refractivity contribution < 1.29 is 14.9 Å². The van der Waals surface area contributed by atoms with Crippen LogP contribution in [0.25, 0.3) is 0 Å². The molecule has 0 radical (unpaired) electrons. The molecule has 110 valence electrons. The van der Waals surface area contributed by atoms with E-state index in [1.807, 2.05) is 18.7 Å². The summed E-state index contributed by atoms with van der Waals surface area (Å²) in [6.07, 6.45) is -0.832. The van der Waals surface area contributed by atoms with E-state index < -0.39 is 12.6 Å². The van der Waals surface area contributed by atoms with E-state index in [4.69, 9.17) is 10.5 Å². The van der Waals surface area contributed by atoms with Gasteiger partial charge in [0.15, 0.2) is 0 Å². The van der Waals surface area contributed by atoms with E-state index in [9.17, 15) is 10.2 Å². The first-order valence-electron chi connectivity index (χ1n) is 6.57. The Labute approximate surface area is 110 Å². The fraction of sp³-hybridized carbons (Fsp3) is 1.00. The van der Waals surface area contributed by atoms with Crippen molar-refractivity contribution >= 4 is 0 Å². The predicted octanol–water partition coefficient (Wildman–Crippen LogP) is -0.488.